The number of nitrogens with one attached hydrogen (secondary N) is 2. The van der Waals surface area contributed by atoms with E-state index in [4.69, 9.17) is 4.74 Å². The largest absolute Gasteiger partial charge is 0.361 e. The molecule has 108 valence electrons. The van der Waals surface area contributed by atoms with Crippen molar-refractivity contribution in [1.82, 2.24) is 20.4 Å². The molecule has 0 bridgehead atoms. The van der Waals surface area contributed by atoms with Gasteiger partial charge < -0.3 is 15.0 Å². The normalized spacial score (nSPS) is 26.1. The van der Waals surface area contributed by atoms with E-state index in [9.17, 15) is 9.59 Å². The van der Waals surface area contributed by atoms with Crippen molar-refractivity contribution in [3.05, 3.63) is 17.0 Å². The maximum Gasteiger partial charge on any atom is 0.257 e. The SMILES string of the molecule is Cc1n[nH]c(C)c1C(=O)N1CCC2(CNC(=O)CO2)C1. The number of aromatic nitrogens is 2. The van der Waals surface area contributed by atoms with Gasteiger partial charge in [-0.3, -0.25) is 14.7 Å². The average molecular weight is 278 g/mol. The molecule has 0 aromatic carbocycles. The molecule has 7 heteroatoms. The van der Waals surface area contributed by atoms with Gasteiger partial charge in [-0.15, -0.1) is 0 Å². The third-order valence-corrected chi connectivity index (χ3v) is 4.06. The lowest BCUT2D eigenvalue weighted by Gasteiger charge is -2.33. The van der Waals surface area contributed by atoms with Crippen molar-refractivity contribution in [3.63, 3.8) is 0 Å². The Morgan fingerprint density at radius 3 is 2.85 bits per heavy atom. The molecule has 7 nitrogen and oxygen atoms in total. The lowest BCUT2D eigenvalue weighted by Crippen LogP contribution is -2.54. The van der Waals surface area contributed by atoms with E-state index in [0.717, 1.165) is 12.1 Å². The molecule has 2 saturated heterocycles. The van der Waals surface area contributed by atoms with Crippen LogP contribution >= 0.6 is 0 Å². The van der Waals surface area contributed by atoms with Crippen LogP contribution in [0.15, 0.2) is 0 Å². The molecule has 0 saturated carbocycles. The first-order chi connectivity index (χ1) is 9.51. The van der Waals surface area contributed by atoms with Crippen LogP contribution < -0.4 is 5.32 Å². The number of hydrogen-bond acceptors (Lipinski definition) is 4. The van der Waals surface area contributed by atoms with E-state index >= 15 is 0 Å². The Hall–Kier alpha value is -1.89. The molecular weight excluding hydrogens is 260 g/mol. The number of H-pyrrole nitrogens is 1. The summed E-state index contributed by atoms with van der Waals surface area (Å²) in [7, 11) is 0. The second kappa shape index (κ2) is 4.59. The molecule has 3 rings (SSSR count). The standard InChI is InChI=1S/C13H18N4O3/c1-8-11(9(2)16-15-8)12(19)17-4-3-13(7-17)6-14-10(18)5-20-13/h3-7H2,1-2H3,(H,14,18)(H,15,16). The fraction of sp³-hybridized carbons (Fsp3) is 0.615. The van der Waals surface area contributed by atoms with Crippen molar-refractivity contribution < 1.29 is 14.3 Å². The number of likely N-dealkylation sites (tertiary alicyclic amines) is 1. The lowest BCUT2D eigenvalue weighted by atomic mass is 10.0. The maximum absolute atomic E-state index is 12.6. The highest BCUT2D eigenvalue weighted by molar-refractivity contribution is 5.96. The van der Waals surface area contributed by atoms with Crippen molar-refractivity contribution in [2.24, 2.45) is 0 Å². The second-order valence-electron chi connectivity index (χ2n) is 5.53. The minimum atomic E-state index is -0.422. The first kappa shape index (κ1) is 13.1. The summed E-state index contributed by atoms with van der Waals surface area (Å²) in [5.41, 5.74) is 1.72. The van der Waals surface area contributed by atoms with E-state index in [1.807, 2.05) is 13.8 Å². The Kier molecular flexibility index (Phi) is 3.01. The molecule has 0 radical (unpaired) electrons. The molecule has 1 aromatic rings. The van der Waals surface area contributed by atoms with Gasteiger partial charge >= 0.3 is 0 Å². The smallest absolute Gasteiger partial charge is 0.257 e. The molecule has 1 atom stereocenters. The zero-order valence-electron chi connectivity index (χ0n) is 11.7. The second-order valence-corrected chi connectivity index (χ2v) is 5.53. The zero-order chi connectivity index (χ0) is 14.3. The van der Waals surface area contributed by atoms with E-state index < -0.39 is 5.60 Å². The summed E-state index contributed by atoms with van der Waals surface area (Å²) in [6, 6.07) is 0. The van der Waals surface area contributed by atoms with Crippen LogP contribution in [0.4, 0.5) is 0 Å². The molecule has 1 spiro atoms. The highest BCUT2D eigenvalue weighted by atomic mass is 16.5. The van der Waals surface area contributed by atoms with Crippen molar-refractivity contribution in [3.8, 4) is 0 Å². The zero-order valence-corrected chi connectivity index (χ0v) is 11.7. The predicted molar refractivity (Wildman–Crippen MR) is 70.3 cm³/mol. The van der Waals surface area contributed by atoms with Crippen LogP contribution in [0.1, 0.15) is 28.2 Å². The van der Waals surface area contributed by atoms with Gasteiger partial charge in [0.05, 0.1) is 17.8 Å². The molecule has 2 aliphatic heterocycles. The molecular formula is C13H18N4O3. The first-order valence-corrected chi connectivity index (χ1v) is 6.72. The number of ether oxygens (including phenoxy) is 1. The maximum atomic E-state index is 12.6. The Balaban J connectivity index is 1.74. The fourth-order valence-corrected chi connectivity index (χ4v) is 2.88. The number of morpholine rings is 1. The van der Waals surface area contributed by atoms with Gasteiger partial charge in [0.2, 0.25) is 5.91 Å². The fourth-order valence-electron chi connectivity index (χ4n) is 2.88. The molecule has 1 aromatic heterocycles. The minimum absolute atomic E-state index is 0.0221. The van der Waals surface area contributed by atoms with Crippen molar-refractivity contribution in [2.45, 2.75) is 25.9 Å². The molecule has 2 amide bonds. The summed E-state index contributed by atoms with van der Waals surface area (Å²) in [5.74, 6) is -0.118. The van der Waals surface area contributed by atoms with Crippen LogP contribution in [-0.2, 0) is 9.53 Å². The lowest BCUT2D eigenvalue weighted by molar-refractivity contribution is -0.141. The van der Waals surface area contributed by atoms with E-state index in [-0.39, 0.29) is 18.4 Å². The molecule has 2 aliphatic rings. The van der Waals surface area contributed by atoms with E-state index in [1.165, 1.54) is 0 Å². The van der Waals surface area contributed by atoms with Crippen molar-refractivity contribution in [1.29, 1.82) is 0 Å². The van der Waals surface area contributed by atoms with E-state index in [1.54, 1.807) is 4.90 Å². The highest BCUT2D eigenvalue weighted by Crippen LogP contribution is 2.28. The number of amides is 2. The molecule has 20 heavy (non-hydrogen) atoms. The monoisotopic (exact) mass is 278 g/mol. The van der Waals surface area contributed by atoms with Crippen LogP contribution in [0.2, 0.25) is 0 Å². The number of carbonyl (C=O) groups excluding carboxylic acids is 2. The molecule has 2 N–H and O–H groups in total. The number of carbonyl (C=O) groups is 2. The highest BCUT2D eigenvalue weighted by Gasteiger charge is 2.44. The number of aromatic amines is 1. The Bertz CT molecular complexity index is 536. The Labute approximate surface area is 116 Å². The third kappa shape index (κ3) is 2.07. The van der Waals surface area contributed by atoms with E-state index in [2.05, 4.69) is 15.5 Å². The van der Waals surface area contributed by atoms with Crippen LogP contribution in [-0.4, -0.2) is 58.8 Å². The molecule has 2 fully saturated rings. The topological polar surface area (TPSA) is 87.3 Å². The summed E-state index contributed by atoms with van der Waals surface area (Å²) in [5, 5.41) is 9.71. The van der Waals surface area contributed by atoms with Crippen LogP contribution in [0, 0.1) is 13.8 Å². The van der Waals surface area contributed by atoms with Gasteiger partial charge in [0, 0.05) is 18.8 Å². The summed E-state index contributed by atoms with van der Waals surface area (Å²) >= 11 is 0. The minimum Gasteiger partial charge on any atom is -0.361 e. The van der Waals surface area contributed by atoms with Gasteiger partial charge in [-0.05, 0) is 20.3 Å². The molecule has 1 unspecified atom stereocenters. The number of rotatable bonds is 1. The average Bonchev–Trinajstić information content (AvgIpc) is 2.98. The first-order valence-electron chi connectivity index (χ1n) is 6.72. The number of hydrogen-bond donors (Lipinski definition) is 2. The van der Waals surface area contributed by atoms with Crippen LogP contribution in [0.3, 0.4) is 0 Å². The van der Waals surface area contributed by atoms with Gasteiger partial charge in [-0.2, -0.15) is 5.10 Å². The summed E-state index contributed by atoms with van der Waals surface area (Å²) in [6.45, 7) is 5.36. The van der Waals surface area contributed by atoms with E-state index in [0.29, 0.717) is 30.9 Å². The summed E-state index contributed by atoms with van der Waals surface area (Å²) in [6.07, 6.45) is 0.745. The van der Waals surface area contributed by atoms with Crippen LogP contribution in [0.5, 0.6) is 0 Å². The summed E-state index contributed by atoms with van der Waals surface area (Å²) < 4.78 is 5.67. The summed E-state index contributed by atoms with van der Waals surface area (Å²) in [4.78, 5) is 25.5. The quantitative estimate of drug-likeness (QED) is 0.742. The van der Waals surface area contributed by atoms with Crippen molar-refractivity contribution >= 4 is 11.8 Å². The Morgan fingerprint density at radius 2 is 2.25 bits per heavy atom. The van der Waals surface area contributed by atoms with Gasteiger partial charge in [-0.25, -0.2) is 0 Å². The van der Waals surface area contributed by atoms with Gasteiger partial charge in [0.15, 0.2) is 0 Å². The van der Waals surface area contributed by atoms with Crippen LogP contribution in [0.25, 0.3) is 0 Å². The third-order valence-electron chi connectivity index (χ3n) is 4.06. The number of nitrogens with zero attached hydrogens (tertiary/aromatic N) is 2. The van der Waals surface area contributed by atoms with Gasteiger partial charge in [-0.1, -0.05) is 0 Å². The predicted octanol–water partition coefficient (Wildman–Crippen LogP) is -0.242. The molecule has 3 heterocycles. The van der Waals surface area contributed by atoms with Gasteiger partial charge in [0.25, 0.3) is 5.91 Å². The van der Waals surface area contributed by atoms with Crippen molar-refractivity contribution in [2.75, 3.05) is 26.2 Å². The Morgan fingerprint density at radius 1 is 1.45 bits per heavy atom. The number of aryl methyl sites for hydroxylation is 2. The van der Waals surface area contributed by atoms with Gasteiger partial charge in [0.1, 0.15) is 12.2 Å². The molecule has 0 aliphatic carbocycles.